The van der Waals surface area contributed by atoms with Crippen LogP contribution in [-0.2, 0) is 5.60 Å². The van der Waals surface area contributed by atoms with E-state index < -0.39 is 16.9 Å². The van der Waals surface area contributed by atoms with E-state index in [2.05, 4.69) is 9.72 Å². The van der Waals surface area contributed by atoms with Crippen molar-refractivity contribution in [3.63, 3.8) is 0 Å². The molecule has 1 aliphatic heterocycles. The molecule has 150 valence electrons. The van der Waals surface area contributed by atoms with E-state index in [4.69, 9.17) is 0 Å². The highest BCUT2D eigenvalue weighted by molar-refractivity contribution is 5.51. The van der Waals surface area contributed by atoms with E-state index in [9.17, 15) is 28.4 Å². The van der Waals surface area contributed by atoms with Gasteiger partial charge in [0.25, 0.3) is 5.69 Å². The van der Waals surface area contributed by atoms with Crippen LogP contribution < -0.4 is 9.64 Å². The lowest BCUT2D eigenvalue weighted by atomic mass is 9.84. The van der Waals surface area contributed by atoms with Crippen molar-refractivity contribution in [1.29, 1.82) is 0 Å². The second-order valence-corrected chi connectivity index (χ2v) is 6.69. The minimum atomic E-state index is -4.80. The molecule has 1 N–H and O–H groups in total. The molecule has 2 heterocycles. The molecule has 0 unspecified atom stereocenters. The van der Waals surface area contributed by atoms with Gasteiger partial charge in [0.1, 0.15) is 17.8 Å². The summed E-state index contributed by atoms with van der Waals surface area (Å²) in [6.45, 7) is 2.51. The molecule has 7 nitrogen and oxygen atoms in total. The fourth-order valence-electron chi connectivity index (χ4n) is 3.34. The Hall–Kier alpha value is -2.88. The lowest BCUT2D eigenvalue weighted by Gasteiger charge is -2.39. The summed E-state index contributed by atoms with van der Waals surface area (Å²) in [5.41, 5.74) is -0.408. The zero-order valence-corrected chi connectivity index (χ0v) is 14.9. The number of alkyl halides is 3. The Morgan fingerprint density at radius 1 is 1.29 bits per heavy atom. The number of anilines is 1. The van der Waals surface area contributed by atoms with Crippen LogP contribution in [0.2, 0.25) is 0 Å². The third kappa shape index (κ3) is 4.33. The summed E-state index contributed by atoms with van der Waals surface area (Å²) < 4.78 is 41.2. The second-order valence-electron chi connectivity index (χ2n) is 6.69. The molecule has 0 aliphatic carbocycles. The van der Waals surface area contributed by atoms with E-state index in [1.807, 2.05) is 4.90 Å². The molecule has 1 aromatic carbocycles. The largest absolute Gasteiger partial charge is 0.573 e. The van der Waals surface area contributed by atoms with E-state index in [1.54, 1.807) is 13.0 Å². The van der Waals surface area contributed by atoms with Gasteiger partial charge in [-0.2, -0.15) is 0 Å². The summed E-state index contributed by atoms with van der Waals surface area (Å²) in [4.78, 5) is 16.4. The van der Waals surface area contributed by atoms with Crippen molar-refractivity contribution in [2.75, 3.05) is 18.0 Å². The maximum atomic E-state index is 12.4. The highest BCUT2D eigenvalue weighted by atomic mass is 19.4. The monoisotopic (exact) mass is 397 g/mol. The quantitative estimate of drug-likeness (QED) is 0.625. The molecule has 0 saturated carbocycles. The molecule has 10 heteroatoms. The number of hydrogen-bond acceptors (Lipinski definition) is 6. The van der Waals surface area contributed by atoms with Crippen molar-refractivity contribution in [2.24, 2.45) is 0 Å². The van der Waals surface area contributed by atoms with Crippen molar-refractivity contribution >= 4 is 11.5 Å². The molecule has 0 spiro atoms. The van der Waals surface area contributed by atoms with Crippen molar-refractivity contribution in [3.05, 3.63) is 57.8 Å². The molecular formula is C18H18F3N3O4. The van der Waals surface area contributed by atoms with Crippen LogP contribution in [0.5, 0.6) is 5.75 Å². The number of piperidine rings is 1. The zero-order chi connectivity index (χ0) is 20.5. The van der Waals surface area contributed by atoms with Gasteiger partial charge >= 0.3 is 6.36 Å². The molecule has 1 fully saturated rings. The summed E-state index contributed by atoms with van der Waals surface area (Å²) in [6.07, 6.45) is -3.09. The SMILES string of the molecule is Cc1cc([N+](=O)[O-])cnc1N1CCC(O)(c2cccc(OC(F)(F)F)c2)CC1. The molecule has 3 rings (SSSR count). The maximum absolute atomic E-state index is 12.4. The summed E-state index contributed by atoms with van der Waals surface area (Å²) >= 11 is 0. The first-order chi connectivity index (χ1) is 13.1. The van der Waals surface area contributed by atoms with Gasteiger partial charge in [-0.05, 0) is 43.0 Å². The Balaban J connectivity index is 1.74. The fraction of sp³-hybridized carbons (Fsp3) is 0.389. The molecule has 0 radical (unpaired) electrons. The van der Waals surface area contributed by atoms with Crippen LogP contribution in [0.3, 0.4) is 0 Å². The Bertz CT molecular complexity index is 881. The van der Waals surface area contributed by atoms with E-state index in [0.29, 0.717) is 30.0 Å². The molecule has 2 aromatic rings. The van der Waals surface area contributed by atoms with Crippen LogP contribution in [0.25, 0.3) is 0 Å². The van der Waals surface area contributed by atoms with E-state index in [1.165, 1.54) is 30.5 Å². The first kappa shape index (κ1) is 19.9. The summed E-state index contributed by atoms with van der Waals surface area (Å²) in [5, 5.41) is 21.8. The highest BCUT2D eigenvalue weighted by Gasteiger charge is 2.36. The standard InChI is InChI=1S/C18H18F3N3O4/c1-12-9-14(24(26)27)11-22-16(12)23-7-5-17(25,6-8-23)13-3-2-4-15(10-13)28-18(19,20)21/h2-4,9-11,25H,5-8H2,1H3. The van der Waals surface area contributed by atoms with Crippen molar-refractivity contribution < 1.29 is 27.9 Å². The third-order valence-electron chi connectivity index (χ3n) is 4.74. The Morgan fingerprint density at radius 2 is 1.96 bits per heavy atom. The van der Waals surface area contributed by atoms with Crippen molar-refractivity contribution in [1.82, 2.24) is 4.98 Å². The number of ether oxygens (including phenoxy) is 1. The molecule has 0 atom stereocenters. The molecule has 0 bridgehead atoms. The average molecular weight is 397 g/mol. The number of hydrogen-bond donors (Lipinski definition) is 1. The van der Waals surface area contributed by atoms with Crippen LogP contribution in [0, 0.1) is 17.0 Å². The van der Waals surface area contributed by atoms with Crippen molar-refractivity contribution in [2.45, 2.75) is 31.7 Å². The van der Waals surface area contributed by atoms with Gasteiger partial charge in [0, 0.05) is 19.2 Å². The molecule has 1 aliphatic rings. The van der Waals surface area contributed by atoms with Gasteiger partial charge < -0.3 is 14.7 Å². The first-order valence-corrected chi connectivity index (χ1v) is 8.52. The van der Waals surface area contributed by atoms with Gasteiger partial charge in [-0.15, -0.1) is 13.2 Å². The average Bonchev–Trinajstić information content (AvgIpc) is 2.61. The minimum absolute atomic E-state index is 0.101. The lowest BCUT2D eigenvalue weighted by molar-refractivity contribution is -0.385. The predicted octanol–water partition coefficient (Wildman–Crippen LogP) is 3.68. The van der Waals surface area contributed by atoms with Gasteiger partial charge in [-0.1, -0.05) is 12.1 Å². The number of aliphatic hydroxyl groups is 1. The molecule has 0 amide bonds. The predicted molar refractivity (Wildman–Crippen MR) is 94.1 cm³/mol. The lowest BCUT2D eigenvalue weighted by Crippen LogP contribution is -2.43. The molecule has 1 saturated heterocycles. The molecular weight excluding hydrogens is 379 g/mol. The number of benzene rings is 1. The maximum Gasteiger partial charge on any atom is 0.573 e. The Labute approximate surface area is 158 Å². The second kappa shape index (κ2) is 7.27. The number of nitrogens with zero attached hydrogens (tertiary/aromatic N) is 3. The topological polar surface area (TPSA) is 88.7 Å². The van der Waals surface area contributed by atoms with Crippen LogP contribution in [-0.4, -0.2) is 34.5 Å². The number of nitro groups is 1. The number of pyridine rings is 1. The van der Waals surface area contributed by atoms with Gasteiger partial charge in [0.05, 0.1) is 10.5 Å². The highest BCUT2D eigenvalue weighted by Crippen LogP contribution is 2.37. The summed E-state index contributed by atoms with van der Waals surface area (Å²) in [6, 6.07) is 6.77. The van der Waals surface area contributed by atoms with Crippen LogP contribution in [0.1, 0.15) is 24.0 Å². The Kier molecular flexibility index (Phi) is 5.16. The van der Waals surface area contributed by atoms with Crippen LogP contribution >= 0.6 is 0 Å². The molecule has 28 heavy (non-hydrogen) atoms. The smallest absolute Gasteiger partial charge is 0.406 e. The molecule has 1 aromatic heterocycles. The number of halogens is 3. The van der Waals surface area contributed by atoms with Gasteiger partial charge in [-0.3, -0.25) is 10.1 Å². The minimum Gasteiger partial charge on any atom is -0.406 e. The number of aromatic nitrogens is 1. The van der Waals surface area contributed by atoms with E-state index >= 15 is 0 Å². The van der Waals surface area contributed by atoms with Crippen LogP contribution in [0.4, 0.5) is 24.7 Å². The summed E-state index contributed by atoms with van der Waals surface area (Å²) in [7, 11) is 0. The normalized spacial score (nSPS) is 16.7. The van der Waals surface area contributed by atoms with Gasteiger partial charge in [-0.25, -0.2) is 4.98 Å². The van der Waals surface area contributed by atoms with Gasteiger partial charge in [0.15, 0.2) is 0 Å². The number of rotatable bonds is 4. The van der Waals surface area contributed by atoms with Gasteiger partial charge in [0.2, 0.25) is 0 Å². The summed E-state index contributed by atoms with van der Waals surface area (Å²) in [5.74, 6) is 0.204. The number of aryl methyl sites for hydroxylation is 1. The first-order valence-electron chi connectivity index (χ1n) is 8.52. The van der Waals surface area contributed by atoms with E-state index in [-0.39, 0.29) is 24.3 Å². The fourth-order valence-corrected chi connectivity index (χ4v) is 3.34. The Morgan fingerprint density at radius 3 is 2.54 bits per heavy atom. The zero-order valence-electron chi connectivity index (χ0n) is 14.9. The van der Waals surface area contributed by atoms with E-state index in [0.717, 1.165) is 0 Å². The van der Waals surface area contributed by atoms with Crippen molar-refractivity contribution in [3.8, 4) is 5.75 Å². The van der Waals surface area contributed by atoms with Crippen LogP contribution in [0.15, 0.2) is 36.5 Å². The third-order valence-corrected chi connectivity index (χ3v) is 4.74.